The van der Waals surface area contributed by atoms with Crippen LogP contribution in [0.5, 0.6) is 0 Å². The van der Waals surface area contributed by atoms with Crippen molar-refractivity contribution in [2.45, 2.75) is 53.1 Å². The molecule has 2 unspecified atom stereocenters. The molecule has 2 atom stereocenters. The van der Waals surface area contributed by atoms with Crippen LogP contribution in [0.2, 0.25) is 0 Å². The van der Waals surface area contributed by atoms with Crippen molar-refractivity contribution in [2.24, 2.45) is 5.92 Å². The second kappa shape index (κ2) is 6.04. The largest absolute Gasteiger partial charge is 0.462 e. The molecule has 0 saturated heterocycles. The highest BCUT2D eigenvalue weighted by Gasteiger charge is 2.13. The second-order valence-electron chi connectivity index (χ2n) is 3.33. The predicted molar refractivity (Wildman–Crippen MR) is 49.9 cm³/mol. The molecule has 0 aromatic rings. The maximum atomic E-state index is 11.1. The van der Waals surface area contributed by atoms with Crippen molar-refractivity contribution >= 4 is 5.97 Å². The van der Waals surface area contributed by atoms with E-state index >= 15 is 0 Å². The lowest BCUT2D eigenvalue weighted by Crippen LogP contribution is -2.21. The number of ether oxygens (including phenoxy) is 1. The molecule has 0 aliphatic rings. The van der Waals surface area contributed by atoms with Gasteiger partial charge in [0.25, 0.3) is 0 Å². The summed E-state index contributed by atoms with van der Waals surface area (Å²) in [7, 11) is 0. The molecule has 2 heteroatoms. The van der Waals surface area contributed by atoms with E-state index < -0.39 is 0 Å². The van der Waals surface area contributed by atoms with Crippen LogP contribution in [0.15, 0.2) is 0 Å². The SMILES string of the molecule is CCCC(=O)OC(C)C(C)CC. The standard InChI is InChI=1S/C10H20O2/c1-5-7-10(11)12-9(4)8(3)6-2/h8-9H,5-7H2,1-4H3. The van der Waals surface area contributed by atoms with Gasteiger partial charge in [-0.05, 0) is 19.3 Å². The Hall–Kier alpha value is -0.530. The van der Waals surface area contributed by atoms with E-state index in [0.29, 0.717) is 12.3 Å². The molecule has 0 aromatic carbocycles. The Morgan fingerprint density at radius 3 is 2.33 bits per heavy atom. The first kappa shape index (κ1) is 11.5. The summed E-state index contributed by atoms with van der Waals surface area (Å²) in [5, 5.41) is 0. The van der Waals surface area contributed by atoms with Crippen molar-refractivity contribution in [1.82, 2.24) is 0 Å². The molecular weight excluding hydrogens is 152 g/mol. The Bertz CT molecular complexity index is 132. The van der Waals surface area contributed by atoms with Gasteiger partial charge in [-0.15, -0.1) is 0 Å². The Kier molecular flexibility index (Phi) is 5.77. The molecular formula is C10H20O2. The molecule has 0 bridgehead atoms. The van der Waals surface area contributed by atoms with E-state index in [1.165, 1.54) is 0 Å². The van der Waals surface area contributed by atoms with Crippen LogP contribution in [0, 0.1) is 5.92 Å². The molecule has 12 heavy (non-hydrogen) atoms. The molecule has 0 heterocycles. The van der Waals surface area contributed by atoms with E-state index in [0.717, 1.165) is 12.8 Å². The zero-order valence-electron chi connectivity index (χ0n) is 8.59. The fourth-order valence-electron chi connectivity index (χ4n) is 0.918. The first-order valence-corrected chi connectivity index (χ1v) is 4.81. The highest BCUT2D eigenvalue weighted by Crippen LogP contribution is 2.11. The Morgan fingerprint density at radius 1 is 1.33 bits per heavy atom. The molecule has 0 aliphatic heterocycles. The first-order chi connectivity index (χ1) is 5.61. The lowest BCUT2D eigenvalue weighted by atomic mass is 10.0. The Labute approximate surface area is 75.3 Å². The highest BCUT2D eigenvalue weighted by atomic mass is 16.5. The van der Waals surface area contributed by atoms with E-state index in [2.05, 4.69) is 13.8 Å². The van der Waals surface area contributed by atoms with Gasteiger partial charge < -0.3 is 4.74 Å². The van der Waals surface area contributed by atoms with Gasteiger partial charge in [0.1, 0.15) is 6.10 Å². The van der Waals surface area contributed by atoms with Gasteiger partial charge in [0.15, 0.2) is 0 Å². The minimum absolute atomic E-state index is 0.0639. The summed E-state index contributed by atoms with van der Waals surface area (Å²) < 4.78 is 5.20. The van der Waals surface area contributed by atoms with Gasteiger partial charge in [0.05, 0.1) is 0 Å². The van der Waals surface area contributed by atoms with Crippen LogP contribution in [0.3, 0.4) is 0 Å². The maximum absolute atomic E-state index is 11.1. The van der Waals surface area contributed by atoms with Crippen molar-refractivity contribution in [1.29, 1.82) is 0 Å². The summed E-state index contributed by atoms with van der Waals surface area (Å²) in [4.78, 5) is 11.1. The van der Waals surface area contributed by atoms with Gasteiger partial charge in [-0.3, -0.25) is 4.79 Å². The molecule has 0 spiro atoms. The monoisotopic (exact) mass is 172 g/mol. The second-order valence-corrected chi connectivity index (χ2v) is 3.33. The summed E-state index contributed by atoms with van der Waals surface area (Å²) in [5.74, 6) is 0.399. The molecule has 0 radical (unpaired) electrons. The molecule has 0 aromatic heterocycles. The fourth-order valence-corrected chi connectivity index (χ4v) is 0.918. The maximum Gasteiger partial charge on any atom is 0.306 e. The van der Waals surface area contributed by atoms with Crippen LogP contribution in [0.1, 0.15) is 47.0 Å². The van der Waals surface area contributed by atoms with Crippen LogP contribution in [-0.4, -0.2) is 12.1 Å². The van der Waals surface area contributed by atoms with Gasteiger partial charge in [-0.25, -0.2) is 0 Å². The van der Waals surface area contributed by atoms with Gasteiger partial charge in [0, 0.05) is 6.42 Å². The van der Waals surface area contributed by atoms with E-state index in [1.807, 2.05) is 13.8 Å². The minimum Gasteiger partial charge on any atom is -0.462 e. The Balaban J connectivity index is 3.67. The van der Waals surface area contributed by atoms with E-state index in [-0.39, 0.29) is 12.1 Å². The normalized spacial score (nSPS) is 15.3. The summed E-state index contributed by atoms with van der Waals surface area (Å²) in [6, 6.07) is 0. The third kappa shape index (κ3) is 4.37. The number of rotatable bonds is 5. The highest BCUT2D eigenvalue weighted by molar-refractivity contribution is 5.69. The Morgan fingerprint density at radius 2 is 1.92 bits per heavy atom. The minimum atomic E-state index is -0.0645. The summed E-state index contributed by atoms with van der Waals surface area (Å²) in [5.41, 5.74) is 0. The summed E-state index contributed by atoms with van der Waals surface area (Å²) in [6.45, 7) is 8.15. The quantitative estimate of drug-likeness (QED) is 0.596. The molecule has 0 amide bonds. The molecule has 0 fully saturated rings. The van der Waals surface area contributed by atoms with Crippen LogP contribution in [0.25, 0.3) is 0 Å². The molecule has 0 N–H and O–H groups in total. The van der Waals surface area contributed by atoms with E-state index in [1.54, 1.807) is 0 Å². The van der Waals surface area contributed by atoms with Gasteiger partial charge in [-0.2, -0.15) is 0 Å². The molecule has 72 valence electrons. The third-order valence-electron chi connectivity index (χ3n) is 2.22. The zero-order chi connectivity index (χ0) is 9.56. The van der Waals surface area contributed by atoms with E-state index in [4.69, 9.17) is 4.74 Å². The smallest absolute Gasteiger partial charge is 0.306 e. The van der Waals surface area contributed by atoms with Crippen molar-refractivity contribution in [3.63, 3.8) is 0 Å². The van der Waals surface area contributed by atoms with Crippen LogP contribution in [0.4, 0.5) is 0 Å². The first-order valence-electron chi connectivity index (χ1n) is 4.81. The van der Waals surface area contributed by atoms with Gasteiger partial charge >= 0.3 is 5.97 Å². The van der Waals surface area contributed by atoms with Crippen molar-refractivity contribution < 1.29 is 9.53 Å². The topological polar surface area (TPSA) is 26.3 Å². The number of carbonyl (C=O) groups excluding carboxylic acids is 1. The van der Waals surface area contributed by atoms with Gasteiger partial charge in [-0.1, -0.05) is 27.2 Å². The van der Waals surface area contributed by atoms with Crippen LogP contribution in [-0.2, 0) is 9.53 Å². The fraction of sp³-hybridized carbons (Fsp3) is 0.900. The molecule has 0 aliphatic carbocycles. The van der Waals surface area contributed by atoms with E-state index in [9.17, 15) is 4.79 Å². The lowest BCUT2D eigenvalue weighted by Gasteiger charge is -2.18. The third-order valence-corrected chi connectivity index (χ3v) is 2.22. The number of hydrogen-bond acceptors (Lipinski definition) is 2. The zero-order valence-corrected chi connectivity index (χ0v) is 8.59. The lowest BCUT2D eigenvalue weighted by molar-refractivity contribution is -0.150. The molecule has 0 rings (SSSR count). The summed E-state index contributed by atoms with van der Waals surface area (Å²) >= 11 is 0. The van der Waals surface area contributed by atoms with Crippen LogP contribution >= 0.6 is 0 Å². The average molecular weight is 172 g/mol. The van der Waals surface area contributed by atoms with Crippen LogP contribution < -0.4 is 0 Å². The number of hydrogen-bond donors (Lipinski definition) is 0. The predicted octanol–water partition coefficient (Wildman–Crippen LogP) is 2.76. The van der Waals surface area contributed by atoms with Gasteiger partial charge in [0.2, 0.25) is 0 Å². The molecule has 2 nitrogen and oxygen atoms in total. The van der Waals surface area contributed by atoms with Crippen molar-refractivity contribution in [3.05, 3.63) is 0 Å². The number of carbonyl (C=O) groups is 1. The average Bonchev–Trinajstić information content (AvgIpc) is 2.03. The van der Waals surface area contributed by atoms with Crippen molar-refractivity contribution in [3.8, 4) is 0 Å². The van der Waals surface area contributed by atoms with Crippen molar-refractivity contribution in [2.75, 3.05) is 0 Å². The number of esters is 1. The summed E-state index contributed by atoms with van der Waals surface area (Å²) in [6.07, 6.45) is 2.53. The molecule has 0 saturated carbocycles.